The topological polar surface area (TPSA) is 93.0 Å². The summed E-state index contributed by atoms with van der Waals surface area (Å²) < 4.78 is 1.47. The van der Waals surface area contributed by atoms with Gasteiger partial charge in [0.25, 0.3) is 5.56 Å². The summed E-state index contributed by atoms with van der Waals surface area (Å²) in [4.78, 5) is 40.6. The molecule has 1 saturated heterocycles. The number of hydrogen-bond donors (Lipinski definition) is 1. The zero-order valence-corrected chi connectivity index (χ0v) is 16.7. The predicted molar refractivity (Wildman–Crippen MR) is 112 cm³/mol. The van der Waals surface area contributed by atoms with E-state index < -0.39 is 0 Å². The fourth-order valence-electron chi connectivity index (χ4n) is 3.63. The summed E-state index contributed by atoms with van der Waals surface area (Å²) in [6.45, 7) is 5.95. The lowest BCUT2D eigenvalue weighted by Crippen LogP contribution is -2.25. The van der Waals surface area contributed by atoms with Crippen LogP contribution in [0.5, 0.6) is 0 Å². The number of rotatable bonds is 5. The first kappa shape index (κ1) is 19.0. The minimum Gasteiger partial charge on any atom is -0.341 e. The van der Waals surface area contributed by atoms with E-state index in [4.69, 9.17) is 0 Å². The summed E-state index contributed by atoms with van der Waals surface area (Å²) in [5, 5.41) is 3.45. The second-order valence-electron chi connectivity index (χ2n) is 7.32. The molecule has 1 amide bonds. The van der Waals surface area contributed by atoms with Gasteiger partial charge < -0.3 is 10.2 Å². The molecule has 0 bridgehead atoms. The van der Waals surface area contributed by atoms with Crippen molar-refractivity contribution < 1.29 is 4.79 Å². The molecule has 0 spiro atoms. The first-order chi connectivity index (χ1) is 14.0. The van der Waals surface area contributed by atoms with Gasteiger partial charge in [0.05, 0.1) is 34.3 Å². The maximum atomic E-state index is 12.5. The Morgan fingerprint density at radius 1 is 1.10 bits per heavy atom. The van der Waals surface area contributed by atoms with E-state index in [0.29, 0.717) is 16.6 Å². The molecule has 1 aliphatic rings. The highest BCUT2D eigenvalue weighted by Gasteiger charge is 2.18. The van der Waals surface area contributed by atoms with Crippen LogP contribution in [0.15, 0.2) is 35.4 Å². The summed E-state index contributed by atoms with van der Waals surface area (Å²) in [5.74, 6) is 0.540. The van der Waals surface area contributed by atoms with E-state index in [9.17, 15) is 9.59 Å². The van der Waals surface area contributed by atoms with Gasteiger partial charge in [0.2, 0.25) is 11.9 Å². The third-order valence-electron chi connectivity index (χ3n) is 5.22. The van der Waals surface area contributed by atoms with Crippen LogP contribution in [0.4, 0.5) is 11.6 Å². The molecule has 150 valence electrons. The van der Waals surface area contributed by atoms with Crippen molar-refractivity contribution in [2.24, 2.45) is 0 Å². The molecule has 4 rings (SSSR count). The van der Waals surface area contributed by atoms with Gasteiger partial charge in [0, 0.05) is 26.1 Å². The van der Waals surface area contributed by atoms with E-state index in [1.807, 2.05) is 19.9 Å². The average Bonchev–Trinajstić information content (AvgIpc) is 3.25. The summed E-state index contributed by atoms with van der Waals surface area (Å²) >= 11 is 0. The number of aromatic nitrogens is 4. The maximum absolute atomic E-state index is 12.5. The van der Waals surface area contributed by atoms with Crippen molar-refractivity contribution in [1.29, 1.82) is 0 Å². The van der Waals surface area contributed by atoms with Crippen molar-refractivity contribution in [3.8, 4) is 0 Å². The number of anilines is 2. The molecule has 29 heavy (non-hydrogen) atoms. The van der Waals surface area contributed by atoms with E-state index in [0.717, 1.165) is 43.3 Å². The molecule has 0 unspecified atom stereocenters. The van der Waals surface area contributed by atoms with Crippen molar-refractivity contribution in [3.63, 3.8) is 0 Å². The SMILES string of the molecule is Cc1nc(N2CCCC2)nc(C)c1NC(=O)CCn1cnc2ccccc2c1=O. The highest BCUT2D eigenvalue weighted by atomic mass is 16.2. The highest BCUT2D eigenvalue weighted by molar-refractivity contribution is 5.91. The van der Waals surface area contributed by atoms with Crippen LogP contribution >= 0.6 is 0 Å². The van der Waals surface area contributed by atoms with Gasteiger partial charge in [0.1, 0.15) is 0 Å². The van der Waals surface area contributed by atoms with Gasteiger partial charge in [-0.15, -0.1) is 0 Å². The summed E-state index contributed by atoms with van der Waals surface area (Å²) in [5.41, 5.74) is 2.64. The number of para-hydroxylation sites is 1. The number of nitrogens with zero attached hydrogens (tertiary/aromatic N) is 5. The number of amides is 1. The monoisotopic (exact) mass is 392 g/mol. The lowest BCUT2D eigenvalue weighted by molar-refractivity contribution is -0.116. The zero-order chi connectivity index (χ0) is 20.4. The summed E-state index contributed by atoms with van der Waals surface area (Å²) in [7, 11) is 0. The quantitative estimate of drug-likeness (QED) is 0.717. The number of carbonyl (C=O) groups is 1. The number of carbonyl (C=O) groups excluding carboxylic acids is 1. The van der Waals surface area contributed by atoms with Gasteiger partial charge in [-0.2, -0.15) is 0 Å². The fraction of sp³-hybridized carbons (Fsp3) is 0.381. The number of fused-ring (bicyclic) bond motifs is 1. The average molecular weight is 392 g/mol. The van der Waals surface area contributed by atoms with Crippen molar-refractivity contribution in [2.45, 2.75) is 39.7 Å². The molecular weight excluding hydrogens is 368 g/mol. The van der Waals surface area contributed by atoms with Gasteiger partial charge in [-0.1, -0.05) is 12.1 Å². The molecule has 0 aliphatic carbocycles. The van der Waals surface area contributed by atoms with E-state index in [1.165, 1.54) is 10.9 Å². The number of hydrogen-bond acceptors (Lipinski definition) is 6. The number of benzene rings is 1. The fourth-order valence-corrected chi connectivity index (χ4v) is 3.63. The van der Waals surface area contributed by atoms with Crippen molar-refractivity contribution in [3.05, 3.63) is 52.3 Å². The Hall–Kier alpha value is -3.29. The predicted octanol–water partition coefficient (Wildman–Crippen LogP) is 2.43. The largest absolute Gasteiger partial charge is 0.341 e. The van der Waals surface area contributed by atoms with Gasteiger partial charge in [-0.05, 0) is 38.8 Å². The van der Waals surface area contributed by atoms with Crippen molar-refractivity contribution in [1.82, 2.24) is 19.5 Å². The van der Waals surface area contributed by atoms with E-state index in [1.54, 1.807) is 18.2 Å². The molecule has 2 aromatic heterocycles. The standard InChI is InChI=1S/C21H24N6O2/c1-14-19(15(2)24-21(23-14)26-10-5-6-11-26)25-18(28)9-12-27-13-22-17-8-4-3-7-16(17)20(27)29/h3-4,7-8,13H,5-6,9-12H2,1-2H3,(H,25,28). The van der Waals surface area contributed by atoms with Crippen LogP contribution in [0.25, 0.3) is 10.9 Å². The number of nitrogens with one attached hydrogen (secondary N) is 1. The molecule has 1 N–H and O–H groups in total. The van der Waals surface area contributed by atoms with Crippen LogP contribution in [-0.4, -0.2) is 38.5 Å². The summed E-state index contributed by atoms with van der Waals surface area (Å²) in [6, 6.07) is 7.19. The lowest BCUT2D eigenvalue weighted by Gasteiger charge is -2.18. The molecule has 1 aliphatic heterocycles. The Balaban J connectivity index is 1.45. The molecule has 8 heteroatoms. The van der Waals surface area contributed by atoms with Gasteiger partial charge >= 0.3 is 0 Å². The number of aryl methyl sites for hydroxylation is 3. The molecule has 0 saturated carbocycles. The second-order valence-corrected chi connectivity index (χ2v) is 7.32. The maximum Gasteiger partial charge on any atom is 0.261 e. The van der Waals surface area contributed by atoms with Gasteiger partial charge in [0.15, 0.2) is 0 Å². The molecular formula is C21H24N6O2. The molecule has 3 heterocycles. The van der Waals surface area contributed by atoms with Crippen LogP contribution in [-0.2, 0) is 11.3 Å². The van der Waals surface area contributed by atoms with E-state index >= 15 is 0 Å². The Morgan fingerprint density at radius 2 is 1.79 bits per heavy atom. The zero-order valence-electron chi connectivity index (χ0n) is 16.7. The van der Waals surface area contributed by atoms with Gasteiger partial charge in [-0.25, -0.2) is 15.0 Å². The second kappa shape index (κ2) is 7.98. The minimum atomic E-state index is -0.186. The van der Waals surface area contributed by atoms with Gasteiger partial charge in [-0.3, -0.25) is 14.2 Å². The first-order valence-corrected chi connectivity index (χ1v) is 9.87. The van der Waals surface area contributed by atoms with Crippen LogP contribution in [0.1, 0.15) is 30.7 Å². The molecule has 1 aromatic carbocycles. The Kier molecular flexibility index (Phi) is 5.24. The highest BCUT2D eigenvalue weighted by Crippen LogP contribution is 2.23. The third-order valence-corrected chi connectivity index (χ3v) is 5.22. The van der Waals surface area contributed by atoms with Crippen LogP contribution in [0, 0.1) is 13.8 Å². The van der Waals surface area contributed by atoms with E-state index in [-0.39, 0.29) is 24.4 Å². The van der Waals surface area contributed by atoms with Crippen LogP contribution in [0.2, 0.25) is 0 Å². The molecule has 3 aromatic rings. The van der Waals surface area contributed by atoms with Crippen LogP contribution in [0.3, 0.4) is 0 Å². The Labute approximate surface area is 168 Å². The van der Waals surface area contributed by atoms with Crippen molar-refractivity contribution in [2.75, 3.05) is 23.3 Å². The minimum absolute atomic E-state index is 0.144. The van der Waals surface area contributed by atoms with Crippen LogP contribution < -0.4 is 15.8 Å². The third kappa shape index (κ3) is 3.96. The van der Waals surface area contributed by atoms with E-state index in [2.05, 4.69) is 25.2 Å². The smallest absolute Gasteiger partial charge is 0.261 e. The molecule has 8 nitrogen and oxygen atoms in total. The normalized spacial score (nSPS) is 13.8. The molecule has 1 fully saturated rings. The molecule has 0 radical (unpaired) electrons. The summed E-state index contributed by atoms with van der Waals surface area (Å²) in [6.07, 6.45) is 3.96. The van der Waals surface area contributed by atoms with Crippen molar-refractivity contribution >= 4 is 28.4 Å². The first-order valence-electron chi connectivity index (χ1n) is 9.87. The Morgan fingerprint density at radius 3 is 2.52 bits per heavy atom. The Bertz CT molecular complexity index is 1090. The molecule has 0 atom stereocenters. The lowest BCUT2D eigenvalue weighted by atomic mass is 10.2.